The Morgan fingerprint density at radius 1 is 0.824 bits per heavy atom. The summed E-state index contributed by atoms with van der Waals surface area (Å²) in [5, 5.41) is 0. The van der Waals surface area contributed by atoms with Crippen molar-refractivity contribution >= 4 is 28.9 Å². The summed E-state index contributed by atoms with van der Waals surface area (Å²) in [6.45, 7) is 6.03. The number of nitrogens with zero attached hydrogens (tertiary/aromatic N) is 4. The second-order valence-electron chi connectivity index (χ2n) is 14.5. The van der Waals surface area contributed by atoms with Gasteiger partial charge in [0.25, 0.3) is 0 Å². The molecule has 3 atom stereocenters. The molecule has 2 aromatic heterocycles. The largest absolute Gasteiger partial charge is 0.461 e. The third kappa shape index (κ3) is 14.8. The predicted molar refractivity (Wildman–Crippen MR) is 204 cm³/mol. The average Bonchev–Trinajstić information content (AvgIpc) is 3.70. The van der Waals surface area contributed by atoms with E-state index in [1.165, 1.54) is 103 Å². The lowest BCUT2D eigenvalue weighted by Crippen LogP contribution is -2.45. The molecule has 0 aromatic carbocycles. The number of terminal acetylenes is 1. The molecular weight excluding hydrogens is 642 g/mol. The van der Waals surface area contributed by atoms with Gasteiger partial charge in [-0.2, -0.15) is 0 Å². The third-order valence-corrected chi connectivity index (χ3v) is 10.1. The number of hydrogen-bond donors (Lipinski definition) is 1. The molecule has 10 heteroatoms. The SMILES string of the molecule is C#C[C@]1(COC(=O)CCCCCCCCCCCCC)O[C@@H](n2cnc3c(N)nc(C)nc32)C[C@@H]1OC(=O)CCCCCCCCCCCCC. The number of ether oxygens (including phenoxy) is 3. The van der Waals surface area contributed by atoms with Crippen LogP contribution in [0.4, 0.5) is 5.82 Å². The molecule has 1 fully saturated rings. The molecule has 10 nitrogen and oxygen atoms in total. The van der Waals surface area contributed by atoms with Crippen molar-refractivity contribution in [1.82, 2.24) is 19.5 Å². The molecule has 1 aliphatic heterocycles. The number of anilines is 1. The maximum absolute atomic E-state index is 13.1. The van der Waals surface area contributed by atoms with Gasteiger partial charge in [0, 0.05) is 19.3 Å². The molecule has 0 spiro atoms. The first-order valence-electron chi connectivity index (χ1n) is 20.3. The van der Waals surface area contributed by atoms with Crippen molar-refractivity contribution in [2.45, 2.75) is 199 Å². The molecule has 1 aliphatic rings. The van der Waals surface area contributed by atoms with Crippen molar-refractivity contribution in [3.63, 3.8) is 0 Å². The first kappa shape index (κ1) is 42.2. The van der Waals surface area contributed by atoms with Gasteiger partial charge >= 0.3 is 11.9 Å². The van der Waals surface area contributed by atoms with Crippen LogP contribution in [0.15, 0.2) is 6.33 Å². The predicted octanol–water partition coefficient (Wildman–Crippen LogP) is 9.87. The minimum atomic E-state index is -1.45. The highest BCUT2D eigenvalue weighted by atomic mass is 16.6. The Morgan fingerprint density at radius 2 is 1.31 bits per heavy atom. The molecule has 0 bridgehead atoms. The Balaban J connectivity index is 1.50. The number of nitrogens with two attached hydrogens (primary N) is 1. The normalized spacial score (nSPS) is 18.6. The highest BCUT2D eigenvalue weighted by Crippen LogP contribution is 2.40. The number of esters is 2. The summed E-state index contributed by atoms with van der Waals surface area (Å²) < 4.78 is 19.9. The van der Waals surface area contributed by atoms with Crippen molar-refractivity contribution in [3.05, 3.63) is 12.2 Å². The fourth-order valence-corrected chi connectivity index (χ4v) is 6.96. The summed E-state index contributed by atoms with van der Waals surface area (Å²) in [5.74, 6) is 2.81. The van der Waals surface area contributed by atoms with Crippen LogP contribution < -0.4 is 5.73 Å². The van der Waals surface area contributed by atoms with E-state index in [1.807, 2.05) is 0 Å². The fourth-order valence-electron chi connectivity index (χ4n) is 6.96. The second-order valence-corrected chi connectivity index (χ2v) is 14.5. The highest BCUT2D eigenvalue weighted by molar-refractivity contribution is 5.81. The van der Waals surface area contributed by atoms with Crippen molar-refractivity contribution in [1.29, 1.82) is 0 Å². The van der Waals surface area contributed by atoms with Crippen LogP contribution in [-0.4, -0.2) is 49.8 Å². The van der Waals surface area contributed by atoms with Crippen molar-refractivity contribution in [2.75, 3.05) is 12.3 Å². The molecule has 2 aromatic rings. The number of carbonyl (C=O) groups excluding carboxylic acids is 2. The van der Waals surface area contributed by atoms with Gasteiger partial charge in [0.1, 0.15) is 30.3 Å². The van der Waals surface area contributed by atoms with Crippen molar-refractivity contribution in [3.8, 4) is 12.3 Å². The maximum atomic E-state index is 13.1. The van der Waals surface area contributed by atoms with Crippen LogP contribution >= 0.6 is 0 Å². The van der Waals surface area contributed by atoms with Crippen LogP contribution in [0.3, 0.4) is 0 Å². The standard InChI is InChI=1S/C41H67N5O5/c1-5-8-10-12-14-16-18-20-22-24-26-28-36(47)49-31-41(7-3)34(50-37(48)29-27-25-23-21-19-17-15-13-11-9-6-2)30-35(51-41)46-32-43-38-39(42)44-33(4)45-40(38)46/h3,32,34-35H,5-6,8-31H2,1-2,4H3,(H2,42,44,45)/t34-,35+,41+/m0/s1. The van der Waals surface area contributed by atoms with E-state index in [0.29, 0.717) is 29.8 Å². The summed E-state index contributed by atoms with van der Waals surface area (Å²) in [5.41, 5.74) is 5.61. The van der Waals surface area contributed by atoms with Gasteiger partial charge in [0.2, 0.25) is 5.60 Å². The lowest BCUT2D eigenvalue weighted by molar-refractivity contribution is -0.166. The van der Waals surface area contributed by atoms with E-state index < -0.39 is 17.9 Å². The first-order valence-corrected chi connectivity index (χ1v) is 20.3. The molecule has 3 rings (SSSR count). The van der Waals surface area contributed by atoms with Gasteiger partial charge in [-0.3, -0.25) is 14.2 Å². The third-order valence-electron chi connectivity index (χ3n) is 10.1. The van der Waals surface area contributed by atoms with Crippen molar-refractivity contribution < 1.29 is 23.8 Å². The van der Waals surface area contributed by atoms with Crippen LogP contribution in [0.1, 0.15) is 186 Å². The number of rotatable bonds is 28. The molecule has 0 unspecified atom stereocenters. The summed E-state index contributed by atoms with van der Waals surface area (Å²) in [4.78, 5) is 39.1. The molecule has 0 saturated carbocycles. The van der Waals surface area contributed by atoms with Gasteiger partial charge in [-0.1, -0.05) is 148 Å². The summed E-state index contributed by atoms with van der Waals surface area (Å²) in [6.07, 6.45) is 33.5. The Hall–Kier alpha value is -3.19. The minimum Gasteiger partial charge on any atom is -0.461 e. The van der Waals surface area contributed by atoms with Gasteiger partial charge in [0.15, 0.2) is 11.5 Å². The number of fused-ring (bicyclic) bond motifs is 1. The monoisotopic (exact) mass is 710 g/mol. The van der Waals surface area contributed by atoms with E-state index in [4.69, 9.17) is 26.4 Å². The number of carbonyl (C=O) groups is 2. The van der Waals surface area contributed by atoms with Crippen molar-refractivity contribution in [2.24, 2.45) is 0 Å². The van der Waals surface area contributed by atoms with E-state index in [2.05, 4.69) is 34.7 Å². The quantitative estimate of drug-likeness (QED) is 0.0521. The summed E-state index contributed by atoms with van der Waals surface area (Å²) >= 11 is 0. The van der Waals surface area contributed by atoms with Crippen LogP contribution in [-0.2, 0) is 23.8 Å². The Kier molecular flexibility index (Phi) is 20.0. The molecule has 51 heavy (non-hydrogen) atoms. The van der Waals surface area contributed by atoms with Crippen LogP contribution in [0.25, 0.3) is 11.2 Å². The van der Waals surface area contributed by atoms with E-state index in [-0.39, 0.29) is 30.8 Å². The average molecular weight is 710 g/mol. The Bertz CT molecular complexity index is 1340. The number of unbranched alkanes of at least 4 members (excludes halogenated alkanes) is 20. The maximum Gasteiger partial charge on any atom is 0.306 e. The molecule has 0 aliphatic carbocycles. The van der Waals surface area contributed by atoms with Gasteiger partial charge < -0.3 is 19.9 Å². The van der Waals surface area contributed by atoms with Crippen LogP contribution in [0, 0.1) is 19.3 Å². The van der Waals surface area contributed by atoms with E-state index >= 15 is 0 Å². The second kappa shape index (κ2) is 24.1. The fraction of sp³-hybridized carbons (Fsp3) is 0.780. The van der Waals surface area contributed by atoms with Crippen LogP contribution in [0.5, 0.6) is 0 Å². The number of aromatic nitrogens is 4. The van der Waals surface area contributed by atoms with E-state index in [1.54, 1.807) is 17.8 Å². The van der Waals surface area contributed by atoms with Gasteiger partial charge in [-0.05, 0) is 19.8 Å². The van der Waals surface area contributed by atoms with Gasteiger partial charge in [-0.25, -0.2) is 15.0 Å². The zero-order valence-corrected chi connectivity index (χ0v) is 32.1. The van der Waals surface area contributed by atoms with Gasteiger partial charge in [0.05, 0.1) is 6.33 Å². The molecular formula is C41H67N5O5. The number of hydrogen-bond acceptors (Lipinski definition) is 9. The smallest absolute Gasteiger partial charge is 0.306 e. The first-order chi connectivity index (χ1) is 24.8. The zero-order chi connectivity index (χ0) is 36.7. The molecule has 1 saturated heterocycles. The number of aryl methyl sites for hydroxylation is 1. The van der Waals surface area contributed by atoms with E-state index in [0.717, 1.165) is 38.5 Å². The van der Waals surface area contributed by atoms with E-state index in [9.17, 15) is 9.59 Å². The number of nitrogen functional groups attached to an aromatic ring is 1. The minimum absolute atomic E-state index is 0.212. The highest BCUT2D eigenvalue weighted by Gasteiger charge is 2.52. The summed E-state index contributed by atoms with van der Waals surface area (Å²) in [6, 6.07) is 0. The molecule has 2 N–H and O–H groups in total. The molecule has 3 heterocycles. The lowest BCUT2D eigenvalue weighted by atomic mass is 9.98. The zero-order valence-electron chi connectivity index (χ0n) is 32.1. The Labute approximate surface area is 307 Å². The topological polar surface area (TPSA) is 131 Å². The number of imidazole rings is 1. The Morgan fingerprint density at radius 3 is 1.82 bits per heavy atom. The molecule has 286 valence electrons. The van der Waals surface area contributed by atoms with Crippen LogP contribution in [0.2, 0.25) is 0 Å². The summed E-state index contributed by atoms with van der Waals surface area (Å²) in [7, 11) is 0. The van der Waals surface area contributed by atoms with Gasteiger partial charge in [-0.15, -0.1) is 6.42 Å². The lowest BCUT2D eigenvalue weighted by Gasteiger charge is -2.28. The molecule has 0 amide bonds. The molecule has 0 radical (unpaired) electrons.